The molecule has 0 heterocycles. The molecule has 2 nitrogen and oxygen atoms in total. The number of halogens is 1. The van der Waals surface area contributed by atoms with E-state index >= 15 is 0 Å². The SMILES string of the molecule is CCC(Cl)CCCOc1ccc(OC)cc1. The summed E-state index contributed by atoms with van der Waals surface area (Å²) in [4.78, 5) is 0. The summed E-state index contributed by atoms with van der Waals surface area (Å²) in [6, 6.07) is 7.62. The zero-order valence-electron chi connectivity index (χ0n) is 9.91. The molecule has 0 spiro atoms. The first-order chi connectivity index (χ1) is 7.76. The fourth-order valence-corrected chi connectivity index (χ4v) is 1.53. The van der Waals surface area contributed by atoms with Crippen LogP contribution < -0.4 is 9.47 Å². The number of ether oxygens (including phenoxy) is 2. The molecule has 16 heavy (non-hydrogen) atoms. The molecule has 0 aliphatic heterocycles. The first-order valence-electron chi connectivity index (χ1n) is 5.67. The number of benzene rings is 1. The first-order valence-corrected chi connectivity index (χ1v) is 6.10. The van der Waals surface area contributed by atoms with E-state index in [1.165, 1.54) is 0 Å². The lowest BCUT2D eigenvalue weighted by atomic mass is 10.2. The standard InChI is InChI=1S/C13H19ClO2/c1-3-11(14)5-4-10-16-13-8-6-12(15-2)7-9-13/h6-9,11H,3-5,10H2,1-2H3. The van der Waals surface area contributed by atoms with Crippen molar-refractivity contribution in [1.29, 1.82) is 0 Å². The Balaban J connectivity index is 2.21. The van der Waals surface area contributed by atoms with E-state index < -0.39 is 0 Å². The van der Waals surface area contributed by atoms with Crippen molar-refractivity contribution in [3.05, 3.63) is 24.3 Å². The Labute approximate surface area is 103 Å². The fraction of sp³-hybridized carbons (Fsp3) is 0.538. The van der Waals surface area contributed by atoms with Crippen LogP contribution in [0.3, 0.4) is 0 Å². The molecule has 3 heteroatoms. The highest BCUT2D eigenvalue weighted by Gasteiger charge is 2.01. The molecule has 0 fully saturated rings. The molecule has 0 aromatic heterocycles. The minimum atomic E-state index is 0.277. The van der Waals surface area contributed by atoms with Crippen molar-refractivity contribution in [2.24, 2.45) is 0 Å². The fourth-order valence-electron chi connectivity index (χ4n) is 1.37. The van der Waals surface area contributed by atoms with Gasteiger partial charge in [0.1, 0.15) is 11.5 Å². The summed E-state index contributed by atoms with van der Waals surface area (Å²) in [7, 11) is 1.65. The molecular weight excluding hydrogens is 224 g/mol. The summed E-state index contributed by atoms with van der Waals surface area (Å²) in [5, 5.41) is 0.277. The largest absolute Gasteiger partial charge is 0.497 e. The molecule has 0 bridgehead atoms. The minimum absolute atomic E-state index is 0.277. The third-order valence-electron chi connectivity index (χ3n) is 2.43. The lowest BCUT2D eigenvalue weighted by Crippen LogP contribution is -2.02. The van der Waals surface area contributed by atoms with E-state index in [2.05, 4.69) is 6.92 Å². The molecule has 0 saturated carbocycles. The van der Waals surface area contributed by atoms with Gasteiger partial charge in [-0.1, -0.05) is 6.92 Å². The summed E-state index contributed by atoms with van der Waals surface area (Å²) in [5.41, 5.74) is 0. The maximum atomic E-state index is 6.01. The topological polar surface area (TPSA) is 18.5 Å². The molecule has 0 radical (unpaired) electrons. The van der Waals surface area contributed by atoms with Gasteiger partial charge >= 0.3 is 0 Å². The van der Waals surface area contributed by atoms with Gasteiger partial charge < -0.3 is 9.47 Å². The van der Waals surface area contributed by atoms with Gasteiger partial charge in [0.2, 0.25) is 0 Å². The molecular formula is C13H19ClO2. The van der Waals surface area contributed by atoms with Gasteiger partial charge in [-0.3, -0.25) is 0 Å². The first kappa shape index (κ1) is 13.2. The third kappa shape index (κ3) is 4.75. The monoisotopic (exact) mass is 242 g/mol. The predicted octanol–water partition coefficient (Wildman–Crippen LogP) is 3.87. The zero-order chi connectivity index (χ0) is 11.8. The second kappa shape index (κ2) is 7.39. The van der Waals surface area contributed by atoms with E-state index in [-0.39, 0.29) is 5.38 Å². The van der Waals surface area contributed by atoms with Crippen LogP contribution in [0.1, 0.15) is 26.2 Å². The maximum absolute atomic E-state index is 6.01. The molecule has 0 N–H and O–H groups in total. The van der Waals surface area contributed by atoms with Crippen LogP contribution in [-0.2, 0) is 0 Å². The zero-order valence-corrected chi connectivity index (χ0v) is 10.7. The number of hydrogen-bond acceptors (Lipinski definition) is 2. The van der Waals surface area contributed by atoms with Crippen LogP contribution in [-0.4, -0.2) is 19.1 Å². The smallest absolute Gasteiger partial charge is 0.119 e. The summed E-state index contributed by atoms with van der Waals surface area (Å²) >= 11 is 6.01. The van der Waals surface area contributed by atoms with Crippen molar-refractivity contribution in [3.63, 3.8) is 0 Å². The Morgan fingerprint density at radius 1 is 1.19 bits per heavy atom. The lowest BCUT2D eigenvalue weighted by Gasteiger charge is -2.08. The van der Waals surface area contributed by atoms with Crippen molar-refractivity contribution in [3.8, 4) is 11.5 Å². The van der Waals surface area contributed by atoms with Crippen LogP contribution in [0, 0.1) is 0 Å². The van der Waals surface area contributed by atoms with Gasteiger partial charge in [-0.15, -0.1) is 11.6 Å². The number of hydrogen-bond donors (Lipinski definition) is 0. The number of rotatable bonds is 7. The van der Waals surface area contributed by atoms with Gasteiger partial charge in [0.05, 0.1) is 13.7 Å². The molecule has 0 aliphatic rings. The van der Waals surface area contributed by atoms with E-state index in [0.717, 1.165) is 37.4 Å². The number of alkyl halides is 1. The Morgan fingerprint density at radius 2 is 1.81 bits per heavy atom. The van der Waals surface area contributed by atoms with Gasteiger partial charge in [0.15, 0.2) is 0 Å². The van der Waals surface area contributed by atoms with Crippen molar-refractivity contribution >= 4 is 11.6 Å². The molecule has 1 aromatic carbocycles. The van der Waals surface area contributed by atoms with Crippen LogP contribution in [0.4, 0.5) is 0 Å². The molecule has 1 aromatic rings. The molecule has 1 unspecified atom stereocenters. The summed E-state index contributed by atoms with van der Waals surface area (Å²) in [6.45, 7) is 2.82. The van der Waals surface area contributed by atoms with E-state index in [4.69, 9.17) is 21.1 Å². The Hall–Kier alpha value is -0.890. The maximum Gasteiger partial charge on any atom is 0.119 e. The van der Waals surface area contributed by atoms with Crippen molar-refractivity contribution in [2.75, 3.05) is 13.7 Å². The lowest BCUT2D eigenvalue weighted by molar-refractivity contribution is 0.305. The Morgan fingerprint density at radius 3 is 2.38 bits per heavy atom. The van der Waals surface area contributed by atoms with E-state index in [0.29, 0.717) is 0 Å². The summed E-state index contributed by atoms with van der Waals surface area (Å²) < 4.78 is 10.7. The molecule has 0 amide bonds. The molecule has 0 aliphatic carbocycles. The average Bonchev–Trinajstić information content (AvgIpc) is 2.35. The van der Waals surface area contributed by atoms with Gasteiger partial charge in [-0.2, -0.15) is 0 Å². The van der Waals surface area contributed by atoms with E-state index in [1.807, 2.05) is 24.3 Å². The van der Waals surface area contributed by atoms with Crippen LogP contribution in [0.5, 0.6) is 11.5 Å². The quantitative estimate of drug-likeness (QED) is 0.534. The van der Waals surface area contributed by atoms with E-state index in [9.17, 15) is 0 Å². The number of methoxy groups -OCH3 is 1. The third-order valence-corrected chi connectivity index (χ3v) is 2.96. The highest BCUT2D eigenvalue weighted by atomic mass is 35.5. The Kier molecular flexibility index (Phi) is 6.09. The van der Waals surface area contributed by atoms with Gasteiger partial charge in [-0.25, -0.2) is 0 Å². The van der Waals surface area contributed by atoms with Crippen LogP contribution in [0.15, 0.2) is 24.3 Å². The summed E-state index contributed by atoms with van der Waals surface area (Å²) in [5.74, 6) is 1.72. The van der Waals surface area contributed by atoms with Crippen LogP contribution in [0.2, 0.25) is 0 Å². The molecule has 1 atom stereocenters. The van der Waals surface area contributed by atoms with Crippen LogP contribution in [0.25, 0.3) is 0 Å². The normalized spacial score (nSPS) is 12.2. The second-order valence-electron chi connectivity index (χ2n) is 3.67. The van der Waals surface area contributed by atoms with Gasteiger partial charge in [0.25, 0.3) is 0 Å². The summed E-state index contributed by atoms with van der Waals surface area (Å²) in [6.07, 6.45) is 3.02. The predicted molar refractivity (Wildman–Crippen MR) is 67.7 cm³/mol. The van der Waals surface area contributed by atoms with Gasteiger partial charge in [-0.05, 0) is 43.5 Å². The van der Waals surface area contributed by atoms with Gasteiger partial charge in [0, 0.05) is 5.38 Å². The van der Waals surface area contributed by atoms with Crippen LogP contribution >= 0.6 is 11.6 Å². The highest BCUT2D eigenvalue weighted by molar-refractivity contribution is 6.20. The molecule has 90 valence electrons. The average molecular weight is 243 g/mol. The highest BCUT2D eigenvalue weighted by Crippen LogP contribution is 2.17. The second-order valence-corrected chi connectivity index (χ2v) is 4.29. The van der Waals surface area contributed by atoms with Crippen molar-refractivity contribution < 1.29 is 9.47 Å². The molecule has 1 rings (SSSR count). The molecule has 0 saturated heterocycles. The van der Waals surface area contributed by atoms with Crippen molar-refractivity contribution in [2.45, 2.75) is 31.6 Å². The van der Waals surface area contributed by atoms with E-state index in [1.54, 1.807) is 7.11 Å². The Bertz CT molecular complexity index is 284. The van der Waals surface area contributed by atoms with Crippen molar-refractivity contribution in [1.82, 2.24) is 0 Å². The minimum Gasteiger partial charge on any atom is -0.497 e.